The Kier molecular flexibility index (Phi) is 9.08. The first kappa shape index (κ1) is 26.1. The fraction of sp³-hybridized carbons (Fsp3) is 0.200. The topological polar surface area (TPSA) is 87.5 Å². The zero-order valence-electron chi connectivity index (χ0n) is 20.9. The Morgan fingerprint density at radius 2 is 1.38 bits per heavy atom. The minimum atomic E-state index is -0.281. The molecule has 0 saturated heterocycles. The number of hydrogen-bond acceptors (Lipinski definition) is 6. The summed E-state index contributed by atoms with van der Waals surface area (Å²) in [5.74, 6) is -0.464. The number of ketones is 1. The molecule has 4 N–H and O–H groups in total. The van der Waals surface area contributed by atoms with Crippen molar-refractivity contribution in [1.82, 2.24) is 10.2 Å². The molecule has 190 valence electrons. The van der Waals surface area contributed by atoms with Gasteiger partial charge in [-0.3, -0.25) is 14.5 Å². The van der Waals surface area contributed by atoms with Gasteiger partial charge >= 0.3 is 0 Å². The van der Waals surface area contributed by atoms with E-state index in [0.29, 0.717) is 40.6 Å². The monoisotopic (exact) mass is 512 g/mol. The molecule has 0 fully saturated rings. The van der Waals surface area contributed by atoms with Crippen LogP contribution in [0.25, 0.3) is 0 Å². The minimum absolute atomic E-state index is 0.182. The molecule has 0 unspecified atom stereocenters. The second-order valence-corrected chi connectivity index (χ2v) is 9.73. The third-order valence-corrected chi connectivity index (χ3v) is 7.13. The zero-order chi connectivity index (χ0) is 26.0. The minimum Gasteiger partial charge on any atom is -0.397 e. The van der Waals surface area contributed by atoms with E-state index in [1.54, 1.807) is 12.1 Å². The predicted molar refractivity (Wildman–Crippen MR) is 152 cm³/mol. The van der Waals surface area contributed by atoms with Gasteiger partial charge in [-0.2, -0.15) is 0 Å². The summed E-state index contributed by atoms with van der Waals surface area (Å²) in [5, 5.41) is 6.84. The first-order valence-corrected chi connectivity index (χ1v) is 13.2. The SMILES string of the molecule is CCNc1sc(C(=O)c2ccccc2)c(N)c1C(=O)NCCN(Cc1ccccc1)Cc1ccccc1. The lowest BCUT2D eigenvalue weighted by Crippen LogP contribution is -2.34. The fourth-order valence-electron chi connectivity index (χ4n) is 4.16. The molecule has 1 heterocycles. The van der Waals surface area contributed by atoms with Crippen LogP contribution < -0.4 is 16.4 Å². The number of amides is 1. The van der Waals surface area contributed by atoms with Gasteiger partial charge in [0.25, 0.3) is 5.91 Å². The lowest BCUT2D eigenvalue weighted by molar-refractivity contribution is 0.0949. The lowest BCUT2D eigenvalue weighted by Gasteiger charge is -2.23. The molecule has 0 atom stereocenters. The van der Waals surface area contributed by atoms with E-state index in [-0.39, 0.29) is 17.4 Å². The average molecular weight is 513 g/mol. The molecule has 0 bridgehead atoms. The Bertz CT molecular complexity index is 1270. The molecule has 6 nitrogen and oxygen atoms in total. The van der Waals surface area contributed by atoms with Crippen LogP contribution in [0.1, 0.15) is 43.6 Å². The number of carbonyl (C=O) groups is 2. The van der Waals surface area contributed by atoms with Gasteiger partial charge in [0.05, 0.1) is 11.3 Å². The standard InChI is InChI=1S/C30H32N4O2S/c1-2-32-30-25(26(31)28(37-30)27(35)24-16-10-5-11-17-24)29(36)33-18-19-34(20-22-12-6-3-7-13-22)21-23-14-8-4-9-15-23/h3-17,32H,2,18-21,31H2,1H3,(H,33,36). The fourth-order valence-corrected chi connectivity index (χ4v) is 5.30. The first-order chi connectivity index (χ1) is 18.1. The van der Waals surface area contributed by atoms with Crippen molar-refractivity contribution in [3.05, 3.63) is 118 Å². The van der Waals surface area contributed by atoms with Crippen molar-refractivity contribution in [3.8, 4) is 0 Å². The number of carbonyl (C=O) groups excluding carboxylic acids is 2. The van der Waals surface area contributed by atoms with Crippen LogP contribution in [0.15, 0.2) is 91.0 Å². The van der Waals surface area contributed by atoms with E-state index < -0.39 is 0 Å². The molecule has 0 radical (unpaired) electrons. The number of benzene rings is 3. The molecule has 7 heteroatoms. The summed E-state index contributed by atoms with van der Waals surface area (Å²) in [6.45, 7) is 5.20. The van der Waals surface area contributed by atoms with Crippen LogP contribution in [0, 0.1) is 0 Å². The highest BCUT2D eigenvalue weighted by atomic mass is 32.1. The van der Waals surface area contributed by atoms with Gasteiger partial charge in [0.1, 0.15) is 9.88 Å². The molecule has 1 amide bonds. The molecular formula is C30H32N4O2S. The normalized spacial score (nSPS) is 10.9. The van der Waals surface area contributed by atoms with Crippen LogP contribution in [0.2, 0.25) is 0 Å². The Balaban J connectivity index is 1.47. The molecule has 4 rings (SSSR count). The smallest absolute Gasteiger partial charge is 0.256 e. The summed E-state index contributed by atoms with van der Waals surface area (Å²) in [6, 6.07) is 29.6. The van der Waals surface area contributed by atoms with E-state index in [9.17, 15) is 9.59 Å². The molecule has 0 aliphatic heterocycles. The molecule has 0 spiro atoms. The summed E-state index contributed by atoms with van der Waals surface area (Å²) in [7, 11) is 0. The van der Waals surface area contributed by atoms with Crippen molar-refractivity contribution in [2.75, 3.05) is 30.7 Å². The number of hydrogen-bond donors (Lipinski definition) is 3. The number of nitrogen functional groups attached to an aromatic ring is 1. The van der Waals surface area contributed by atoms with Gasteiger partial charge in [-0.05, 0) is 18.1 Å². The van der Waals surface area contributed by atoms with E-state index >= 15 is 0 Å². The van der Waals surface area contributed by atoms with Crippen molar-refractivity contribution >= 4 is 33.7 Å². The van der Waals surface area contributed by atoms with Gasteiger partial charge in [-0.25, -0.2) is 0 Å². The number of thiophene rings is 1. The lowest BCUT2D eigenvalue weighted by atomic mass is 10.1. The van der Waals surface area contributed by atoms with Crippen molar-refractivity contribution in [1.29, 1.82) is 0 Å². The number of nitrogens with two attached hydrogens (primary N) is 1. The van der Waals surface area contributed by atoms with Crippen LogP contribution in [-0.4, -0.2) is 36.2 Å². The third-order valence-electron chi connectivity index (χ3n) is 5.96. The summed E-state index contributed by atoms with van der Waals surface area (Å²) >= 11 is 1.23. The summed E-state index contributed by atoms with van der Waals surface area (Å²) in [5.41, 5.74) is 9.92. The van der Waals surface area contributed by atoms with Gasteiger partial charge in [-0.1, -0.05) is 91.0 Å². The van der Waals surface area contributed by atoms with Crippen LogP contribution in [-0.2, 0) is 13.1 Å². The maximum Gasteiger partial charge on any atom is 0.256 e. The Morgan fingerprint density at radius 1 is 0.838 bits per heavy atom. The van der Waals surface area contributed by atoms with Crippen LogP contribution >= 0.6 is 11.3 Å². The summed E-state index contributed by atoms with van der Waals surface area (Å²) in [6.07, 6.45) is 0. The number of anilines is 2. The van der Waals surface area contributed by atoms with Crippen LogP contribution in [0.3, 0.4) is 0 Å². The van der Waals surface area contributed by atoms with Gasteiger partial charge < -0.3 is 16.4 Å². The Morgan fingerprint density at radius 3 is 1.92 bits per heavy atom. The molecule has 1 aromatic heterocycles. The van der Waals surface area contributed by atoms with E-state index in [1.807, 2.05) is 61.5 Å². The summed E-state index contributed by atoms with van der Waals surface area (Å²) < 4.78 is 0. The van der Waals surface area contributed by atoms with Crippen LogP contribution in [0.4, 0.5) is 10.7 Å². The first-order valence-electron chi connectivity index (χ1n) is 12.4. The number of nitrogens with one attached hydrogen (secondary N) is 2. The van der Waals surface area contributed by atoms with Gasteiger partial charge in [0.2, 0.25) is 5.78 Å². The zero-order valence-corrected chi connectivity index (χ0v) is 21.8. The van der Waals surface area contributed by atoms with E-state index in [0.717, 1.165) is 13.1 Å². The van der Waals surface area contributed by atoms with E-state index in [2.05, 4.69) is 39.8 Å². The van der Waals surface area contributed by atoms with Gasteiger partial charge in [0.15, 0.2) is 0 Å². The van der Waals surface area contributed by atoms with Gasteiger partial charge in [-0.15, -0.1) is 11.3 Å². The second-order valence-electron chi connectivity index (χ2n) is 8.71. The molecule has 3 aromatic carbocycles. The molecular weight excluding hydrogens is 480 g/mol. The highest BCUT2D eigenvalue weighted by molar-refractivity contribution is 7.19. The molecule has 0 saturated carbocycles. The van der Waals surface area contributed by atoms with Crippen molar-refractivity contribution in [2.24, 2.45) is 0 Å². The third kappa shape index (κ3) is 6.84. The molecule has 0 aliphatic rings. The number of nitrogens with zero attached hydrogens (tertiary/aromatic N) is 1. The largest absolute Gasteiger partial charge is 0.397 e. The van der Waals surface area contributed by atoms with Crippen molar-refractivity contribution in [3.63, 3.8) is 0 Å². The van der Waals surface area contributed by atoms with E-state index in [1.165, 1.54) is 22.5 Å². The highest BCUT2D eigenvalue weighted by Crippen LogP contribution is 2.37. The van der Waals surface area contributed by atoms with Crippen molar-refractivity contribution < 1.29 is 9.59 Å². The second kappa shape index (κ2) is 12.9. The molecule has 37 heavy (non-hydrogen) atoms. The molecule has 0 aliphatic carbocycles. The average Bonchev–Trinajstić information content (AvgIpc) is 3.25. The predicted octanol–water partition coefficient (Wildman–Crippen LogP) is 5.43. The van der Waals surface area contributed by atoms with Crippen molar-refractivity contribution in [2.45, 2.75) is 20.0 Å². The van der Waals surface area contributed by atoms with Gasteiger partial charge in [0, 0.05) is 38.3 Å². The maximum absolute atomic E-state index is 13.3. The summed E-state index contributed by atoms with van der Waals surface area (Å²) in [4.78, 5) is 29.0. The maximum atomic E-state index is 13.3. The Hall–Kier alpha value is -3.94. The number of rotatable bonds is 12. The van der Waals surface area contributed by atoms with E-state index in [4.69, 9.17) is 5.73 Å². The van der Waals surface area contributed by atoms with Crippen LogP contribution in [0.5, 0.6) is 0 Å². The highest BCUT2D eigenvalue weighted by Gasteiger charge is 2.26. The molecule has 4 aromatic rings. The Labute approximate surface area is 222 Å². The quantitative estimate of drug-likeness (QED) is 0.221.